The number of halogens is 1. The minimum atomic E-state index is -1.09. The summed E-state index contributed by atoms with van der Waals surface area (Å²) >= 11 is 0. The third-order valence-electron chi connectivity index (χ3n) is 3.85. The summed E-state index contributed by atoms with van der Waals surface area (Å²) in [6, 6.07) is 8.16. The average Bonchev–Trinajstić information content (AvgIpc) is 2.55. The maximum atomic E-state index is 13.3. The molecule has 0 saturated heterocycles. The number of hydrogen-bond donors (Lipinski definition) is 2. The summed E-state index contributed by atoms with van der Waals surface area (Å²) in [7, 11) is 0. The highest BCUT2D eigenvalue weighted by molar-refractivity contribution is 5.91. The SMILES string of the molecule is CCOC(O)c1cnc(N)c2nc(-c3ccc(F)cc3C)ccc12. The molecular weight excluding hydrogens is 309 g/mol. The van der Waals surface area contributed by atoms with Gasteiger partial charge in [0, 0.05) is 29.3 Å². The second-order valence-electron chi connectivity index (χ2n) is 5.46. The van der Waals surface area contributed by atoms with Crippen LogP contribution in [0.15, 0.2) is 36.5 Å². The summed E-state index contributed by atoms with van der Waals surface area (Å²) in [6.07, 6.45) is 0.397. The van der Waals surface area contributed by atoms with Gasteiger partial charge in [0.25, 0.3) is 0 Å². The largest absolute Gasteiger partial charge is 0.382 e. The Bertz CT molecular complexity index is 899. The van der Waals surface area contributed by atoms with Crippen LogP contribution >= 0.6 is 0 Å². The van der Waals surface area contributed by atoms with Crippen molar-refractivity contribution in [3.8, 4) is 11.3 Å². The number of anilines is 1. The zero-order valence-electron chi connectivity index (χ0n) is 13.5. The molecule has 6 heteroatoms. The number of pyridine rings is 2. The van der Waals surface area contributed by atoms with E-state index in [4.69, 9.17) is 10.5 Å². The first kappa shape index (κ1) is 16.3. The van der Waals surface area contributed by atoms with E-state index in [0.717, 1.165) is 11.1 Å². The molecule has 3 aromatic rings. The van der Waals surface area contributed by atoms with E-state index in [0.29, 0.717) is 28.8 Å². The van der Waals surface area contributed by atoms with Gasteiger partial charge in [0.2, 0.25) is 0 Å². The van der Waals surface area contributed by atoms with Crippen molar-refractivity contribution in [3.63, 3.8) is 0 Å². The fourth-order valence-electron chi connectivity index (χ4n) is 2.67. The van der Waals surface area contributed by atoms with Crippen molar-refractivity contribution in [1.82, 2.24) is 9.97 Å². The highest BCUT2D eigenvalue weighted by Gasteiger charge is 2.16. The van der Waals surface area contributed by atoms with E-state index in [-0.39, 0.29) is 11.6 Å². The Balaban J connectivity index is 2.16. The van der Waals surface area contributed by atoms with Crippen molar-refractivity contribution in [1.29, 1.82) is 0 Å². The Hall–Kier alpha value is -2.57. The number of nitrogens with two attached hydrogens (primary N) is 1. The summed E-state index contributed by atoms with van der Waals surface area (Å²) in [6.45, 7) is 3.98. The van der Waals surface area contributed by atoms with Crippen LogP contribution in [0.1, 0.15) is 24.3 Å². The first-order valence-electron chi connectivity index (χ1n) is 7.62. The van der Waals surface area contributed by atoms with Crippen molar-refractivity contribution in [2.75, 3.05) is 12.3 Å². The van der Waals surface area contributed by atoms with Gasteiger partial charge in [-0.25, -0.2) is 14.4 Å². The summed E-state index contributed by atoms with van der Waals surface area (Å²) < 4.78 is 18.5. The van der Waals surface area contributed by atoms with Crippen molar-refractivity contribution >= 4 is 16.7 Å². The average molecular weight is 327 g/mol. The summed E-state index contributed by atoms with van der Waals surface area (Å²) in [5.74, 6) is -0.0283. The molecule has 0 spiro atoms. The maximum absolute atomic E-state index is 13.3. The Labute approximate surface area is 138 Å². The minimum Gasteiger partial charge on any atom is -0.382 e. The van der Waals surface area contributed by atoms with E-state index in [1.807, 2.05) is 19.1 Å². The standard InChI is InChI=1S/C18H18FN3O2/c1-3-24-18(23)14-9-21-17(20)16-13(14)6-7-15(22-16)12-5-4-11(19)8-10(12)2/h4-9,18,23H,3H2,1-2H3,(H2,20,21). The van der Waals surface area contributed by atoms with E-state index in [2.05, 4.69) is 9.97 Å². The van der Waals surface area contributed by atoms with Gasteiger partial charge >= 0.3 is 0 Å². The summed E-state index contributed by atoms with van der Waals surface area (Å²) in [5, 5.41) is 10.8. The lowest BCUT2D eigenvalue weighted by Crippen LogP contribution is -2.06. The van der Waals surface area contributed by atoms with Crippen molar-refractivity contribution in [3.05, 3.63) is 53.5 Å². The molecule has 3 rings (SSSR count). The lowest BCUT2D eigenvalue weighted by Gasteiger charge is -2.14. The molecule has 1 atom stereocenters. The van der Waals surface area contributed by atoms with Crippen LogP contribution in [0.3, 0.4) is 0 Å². The molecular formula is C18H18FN3O2. The van der Waals surface area contributed by atoms with Crippen LogP contribution in [0, 0.1) is 12.7 Å². The van der Waals surface area contributed by atoms with E-state index in [9.17, 15) is 9.50 Å². The van der Waals surface area contributed by atoms with Crippen LogP contribution in [-0.2, 0) is 4.74 Å². The first-order chi connectivity index (χ1) is 11.5. The van der Waals surface area contributed by atoms with Gasteiger partial charge in [0.05, 0.1) is 5.69 Å². The molecule has 0 amide bonds. The van der Waals surface area contributed by atoms with Crippen LogP contribution in [-0.4, -0.2) is 21.7 Å². The lowest BCUT2D eigenvalue weighted by molar-refractivity contribution is -0.0971. The molecule has 3 N–H and O–H groups in total. The number of hydrogen-bond acceptors (Lipinski definition) is 5. The van der Waals surface area contributed by atoms with Gasteiger partial charge in [-0.15, -0.1) is 0 Å². The Morgan fingerprint density at radius 1 is 1.29 bits per heavy atom. The molecule has 24 heavy (non-hydrogen) atoms. The van der Waals surface area contributed by atoms with Crippen LogP contribution < -0.4 is 5.73 Å². The molecule has 0 aliphatic heterocycles. The van der Waals surface area contributed by atoms with Crippen LogP contribution in [0.5, 0.6) is 0 Å². The maximum Gasteiger partial charge on any atom is 0.183 e. The molecule has 0 saturated carbocycles. The molecule has 0 radical (unpaired) electrons. The normalized spacial score (nSPS) is 12.5. The zero-order valence-corrected chi connectivity index (χ0v) is 13.5. The third kappa shape index (κ3) is 2.93. The summed E-state index contributed by atoms with van der Waals surface area (Å²) in [5.41, 5.74) is 9.20. The fourth-order valence-corrected chi connectivity index (χ4v) is 2.67. The Kier molecular flexibility index (Phi) is 4.42. The number of aliphatic hydroxyl groups excluding tert-OH is 1. The minimum absolute atomic E-state index is 0.263. The van der Waals surface area contributed by atoms with Crippen molar-refractivity contribution in [2.24, 2.45) is 0 Å². The monoisotopic (exact) mass is 327 g/mol. The molecule has 2 heterocycles. The van der Waals surface area contributed by atoms with Crippen molar-refractivity contribution < 1.29 is 14.2 Å². The topological polar surface area (TPSA) is 81.3 Å². The van der Waals surface area contributed by atoms with E-state index in [1.165, 1.54) is 18.3 Å². The number of nitrogens with zero attached hydrogens (tertiary/aromatic N) is 2. The Morgan fingerprint density at radius 3 is 2.79 bits per heavy atom. The molecule has 1 aromatic carbocycles. The number of aryl methyl sites for hydroxylation is 1. The zero-order chi connectivity index (χ0) is 17.3. The number of fused-ring (bicyclic) bond motifs is 1. The van der Waals surface area contributed by atoms with E-state index < -0.39 is 6.29 Å². The summed E-state index contributed by atoms with van der Waals surface area (Å²) in [4.78, 5) is 8.66. The smallest absolute Gasteiger partial charge is 0.183 e. The highest BCUT2D eigenvalue weighted by Crippen LogP contribution is 2.30. The predicted molar refractivity (Wildman–Crippen MR) is 90.7 cm³/mol. The van der Waals surface area contributed by atoms with Gasteiger partial charge in [-0.2, -0.15) is 0 Å². The molecule has 0 aliphatic rings. The fraction of sp³-hybridized carbons (Fsp3) is 0.222. The predicted octanol–water partition coefficient (Wildman–Crippen LogP) is 3.35. The number of rotatable bonds is 4. The molecule has 2 aromatic heterocycles. The van der Waals surface area contributed by atoms with Gasteiger partial charge in [-0.05, 0) is 49.7 Å². The lowest BCUT2D eigenvalue weighted by atomic mass is 10.0. The van der Waals surface area contributed by atoms with Gasteiger partial charge in [0.1, 0.15) is 17.2 Å². The third-order valence-corrected chi connectivity index (χ3v) is 3.85. The molecule has 1 unspecified atom stereocenters. The van der Waals surface area contributed by atoms with Gasteiger partial charge in [-0.1, -0.05) is 0 Å². The molecule has 5 nitrogen and oxygen atoms in total. The second kappa shape index (κ2) is 6.51. The number of benzene rings is 1. The molecule has 0 fully saturated rings. The molecule has 0 aliphatic carbocycles. The van der Waals surface area contributed by atoms with E-state index in [1.54, 1.807) is 13.0 Å². The van der Waals surface area contributed by atoms with Crippen LogP contribution in [0.25, 0.3) is 22.2 Å². The number of nitrogen functional groups attached to an aromatic ring is 1. The van der Waals surface area contributed by atoms with Crippen molar-refractivity contribution in [2.45, 2.75) is 20.1 Å². The van der Waals surface area contributed by atoms with Gasteiger partial charge in [-0.3, -0.25) is 0 Å². The molecule has 0 bridgehead atoms. The van der Waals surface area contributed by atoms with Gasteiger partial charge < -0.3 is 15.6 Å². The Morgan fingerprint density at radius 2 is 2.08 bits per heavy atom. The van der Waals surface area contributed by atoms with Crippen LogP contribution in [0.2, 0.25) is 0 Å². The molecule has 124 valence electrons. The number of ether oxygens (including phenoxy) is 1. The van der Waals surface area contributed by atoms with Crippen LogP contribution in [0.4, 0.5) is 10.2 Å². The van der Waals surface area contributed by atoms with Gasteiger partial charge in [0.15, 0.2) is 6.29 Å². The first-order valence-corrected chi connectivity index (χ1v) is 7.62. The number of aromatic nitrogens is 2. The second-order valence-corrected chi connectivity index (χ2v) is 5.46. The highest BCUT2D eigenvalue weighted by atomic mass is 19.1. The van der Waals surface area contributed by atoms with E-state index >= 15 is 0 Å². The number of aliphatic hydroxyl groups is 1. The quantitative estimate of drug-likeness (QED) is 0.718.